The quantitative estimate of drug-likeness (QED) is 0.886. The van der Waals surface area contributed by atoms with Crippen LogP contribution in [0.15, 0.2) is 23.1 Å². The first-order valence-electron chi connectivity index (χ1n) is 7.18. The molecule has 0 atom stereocenters. The maximum absolute atomic E-state index is 12.4. The van der Waals surface area contributed by atoms with Crippen LogP contribution in [-0.4, -0.2) is 14.3 Å². The molecule has 0 aliphatic heterocycles. The Morgan fingerprint density at radius 1 is 1.22 bits per heavy atom. The lowest BCUT2D eigenvalue weighted by Gasteiger charge is -2.12. The normalized spacial score (nSPS) is 11.5. The number of benzene rings is 1. The van der Waals surface area contributed by atoms with Crippen LogP contribution >= 0.6 is 11.3 Å². The van der Waals surface area contributed by atoms with E-state index in [2.05, 4.69) is 5.32 Å². The molecular weight excluding hydrogens is 332 g/mol. The summed E-state index contributed by atoms with van der Waals surface area (Å²) in [6.07, 6.45) is 0.870. The summed E-state index contributed by atoms with van der Waals surface area (Å²) in [5.41, 5.74) is 3.17. The molecule has 0 saturated carbocycles. The molecule has 1 amide bonds. The number of thiophene rings is 1. The molecule has 0 aliphatic rings. The average molecular weight is 352 g/mol. The van der Waals surface area contributed by atoms with E-state index in [0.717, 1.165) is 28.0 Å². The van der Waals surface area contributed by atoms with E-state index in [0.29, 0.717) is 10.6 Å². The molecule has 0 bridgehead atoms. The Labute approximate surface area is 140 Å². The summed E-state index contributed by atoms with van der Waals surface area (Å²) in [6, 6.07) is 4.78. The second kappa shape index (κ2) is 6.43. The molecule has 124 valence electrons. The van der Waals surface area contributed by atoms with Crippen LogP contribution in [0.5, 0.6) is 0 Å². The fourth-order valence-corrected chi connectivity index (χ4v) is 3.92. The predicted octanol–water partition coefficient (Wildman–Crippen LogP) is 3.14. The third-order valence-electron chi connectivity index (χ3n) is 3.84. The number of primary sulfonamides is 1. The number of carbonyl (C=O) groups excluding carboxylic acids is 1. The van der Waals surface area contributed by atoms with Crippen LogP contribution in [0.25, 0.3) is 0 Å². The fourth-order valence-electron chi connectivity index (χ4n) is 2.29. The molecule has 0 unspecified atom stereocenters. The van der Waals surface area contributed by atoms with Crippen LogP contribution in [0.3, 0.4) is 0 Å². The van der Waals surface area contributed by atoms with Crippen molar-refractivity contribution >= 4 is 33.0 Å². The zero-order valence-corrected chi connectivity index (χ0v) is 15.2. The average Bonchev–Trinajstić information content (AvgIpc) is 2.83. The minimum Gasteiger partial charge on any atom is -0.321 e. The molecule has 0 aliphatic carbocycles. The molecule has 23 heavy (non-hydrogen) atoms. The smallest absolute Gasteiger partial charge is 0.265 e. The van der Waals surface area contributed by atoms with Crippen molar-refractivity contribution in [3.63, 3.8) is 0 Å². The minimum atomic E-state index is -3.82. The SMILES string of the molecule is CCc1cc(C(=O)Nc2cc(S(N)(=O)=O)cc(C)c2C)sc1C. The Morgan fingerprint density at radius 3 is 2.39 bits per heavy atom. The molecule has 0 spiro atoms. The molecule has 2 rings (SSSR count). The highest BCUT2D eigenvalue weighted by Gasteiger charge is 2.16. The monoisotopic (exact) mass is 352 g/mol. The van der Waals surface area contributed by atoms with Crippen LogP contribution in [0.4, 0.5) is 5.69 Å². The van der Waals surface area contributed by atoms with Crippen molar-refractivity contribution < 1.29 is 13.2 Å². The summed E-state index contributed by atoms with van der Waals surface area (Å²) in [4.78, 5) is 14.2. The first kappa shape index (κ1) is 17.7. The van der Waals surface area contributed by atoms with E-state index in [4.69, 9.17) is 5.14 Å². The molecular formula is C16H20N2O3S2. The molecule has 1 heterocycles. The van der Waals surface area contributed by atoms with Crippen molar-refractivity contribution in [2.75, 3.05) is 5.32 Å². The van der Waals surface area contributed by atoms with Crippen LogP contribution in [0, 0.1) is 20.8 Å². The first-order chi connectivity index (χ1) is 10.6. The van der Waals surface area contributed by atoms with Gasteiger partial charge in [-0.2, -0.15) is 0 Å². The van der Waals surface area contributed by atoms with E-state index in [1.165, 1.54) is 23.5 Å². The summed E-state index contributed by atoms with van der Waals surface area (Å²) in [5.74, 6) is -0.244. The van der Waals surface area contributed by atoms with Gasteiger partial charge >= 0.3 is 0 Å². The standard InChI is InChI=1S/C16H20N2O3S2/c1-5-12-7-15(22-11(12)4)16(19)18-14-8-13(23(17,20)21)6-9(2)10(14)3/h6-8H,5H2,1-4H3,(H,18,19)(H2,17,20,21). The summed E-state index contributed by atoms with van der Waals surface area (Å²) in [7, 11) is -3.82. The largest absolute Gasteiger partial charge is 0.321 e. The summed E-state index contributed by atoms with van der Waals surface area (Å²) in [6.45, 7) is 7.64. The molecule has 1 aromatic carbocycles. The fraction of sp³-hybridized carbons (Fsp3) is 0.312. The van der Waals surface area contributed by atoms with Gasteiger partial charge in [-0.1, -0.05) is 6.92 Å². The van der Waals surface area contributed by atoms with Gasteiger partial charge in [0.1, 0.15) is 0 Å². The Balaban J connectivity index is 2.39. The number of nitrogens with one attached hydrogen (secondary N) is 1. The van der Waals surface area contributed by atoms with Gasteiger partial charge in [0.15, 0.2) is 0 Å². The highest BCUT2D eigenvalue weighted by molar-refractivity contribution is 7.89. The van der Waals surface area contributed by atoms with Gasteiger partial charge in [0.2, 0.25) is 10.0 Å². The van der Waals surface area contributed by atoms with E-state index in [1.54, 1.807) is 6.92 Å². The number of hydrogen-bond donors (Lipinski definition) is 2. The molecule has 0 radical (unpaired) electrons. The van der Waals surface area contributed by atoms with Gasteiger partial charge in [0.05, 0.1) is 9.77 Å². The lowest BCUT2D eigenvalue weighted by Crippen LogP contribution is -2.15. The summed E-state index contributed by atoms with van der Waals surface area (Å²) >= 11 is 1.43. The molecule has 3 N–H and O–H groups in total. The van der Waals surface area contributed by atoms with Gasteiger partial charge in [0, 0.05) is 10.6 Å². The number of aryl methyl sites for hydroxylation is 3. The van der Waals surface area contributed by atoms with Gasteiger partial charge in [-0.05, 0) is 62.1 Å². The zero-order valence-electron chi connectivity index (χ0n) is 13.6. The molecule has 0 saturated heterocycles. The van der Waals surface area contributed by atoms with E-state index in [-0.39, 0.29) is 10.8 Å². The van der Waals surface area contributed by atoms with Crippen molar-refractivity contribution in [1.29, 1.82) is 0 Å². The van der Waals surface area contributed by atoms with Crippen molar-refractivity contribution in [3.05, 3.63) is 44.6 Å². The number of rotatable bonds is 4. The maximum Gasteiger partial charge on any atom is 0.265 e. The Bertz CT molecular complexity index is 868. The molecule has 2 aromatic rings. The third-order valence-corrected chi connectivity index (χ3v) is 5.83. The zero-order chi connectivity index (χ0) is 17.4. The topological polar surface area (TPSA) is 89.3 Å². The summed E-state index contributed by atoms with van der Waals surface area (Å²) in [5, 5.41) is 7.99. The van der Waals surface area contributed by atoms with E-state index >= 15 is 0 Å². The molecule has 0 fully saturated rings. The lowest BCUT2D eigenvalue weighted by atomic mass is 10.1. The van der Waals surface area contributed by atoms with E-state index in [9.17, 15) is 13.2 Å². The Kier molecular flexibility index (Phi) is 4.93. The molecule has 5 nitrogen and oxygen atoms in total. The van der Waals surface area contributed by atoms with Crippen LogP contribution in [0.1, 0.15) is 38.2 Å². The van der Waals surface area contributed by atoms with Gasteiger partial charge in [-0.25, -0.2) is 13.6 Å². The molecule has 7 heteroatoms. The van der Waals surface area contributed by atoms with Gasteiger partial charge < -0.3 is 5.32 Å². The lowest BCUT2D eigenvalue weighted by molar-refractivity contribution is 0.103. The van der Waals surface area contributed by atoms with E-state index in [1.807, 2.05) is 26.8 Å². The second-order valence-electron chi connectivity index (χ2n) is 5.46. The predicted molar refractivity (Wildman–Crippen MR) is 93.7 cm³/mol. The highest BCUT2D eigenvalue weighted by Crippen LogP contribution is 2.26. The maximum atomic E-state index is 12.4. The highest BCUT2D eigenvalue weighted by atomic mass is 32.2. The van der Waals surface area contributed by atoms with Crippen LogP contribution in [-0.2, 0) is 16.4 Å². The van der Waals surface area contributed by atoms with Gasteiger partial charge in [-0.15, -0.1) is 11.3 Å². The minimum absolute atomic E-state index is 0.00694. The van der Waals surface area contributed by atoms with Crippen molar-refractivity contribution in [1.82, 2.24) is 0 Å². The summed E-state index contributed by atoms with van der Waals surface area (Å²) < 4.78 is 23.1. The second-order valence-corrected chi connectivity index (χ2v) is 8.28. The number of sulfonamides is 1. The van der Waals surface area contributed by atoms with Crippen molar-refractivity contribution in [2.24, 2.45) is 5.14 Å². The number of amides is 1. The first-order valence-corrected chi connectivity index (χ1v) is 9.54. The number of nitrogens with two attached hydrogens (primary N) is 1. The number of carbonyl (C=O) groups is 1. The van der Waals surface area contributed by atoms with E-state index < -0.39 is 10.0 Å². The Morgan fingerprint density at radius 2 is 1.87 bits per heavy atom. The number of anilines is 1. The van der Waals surface area contributed by atoms with Crippen LogP contribution < -0.4 is 10.5 Å². The number of hydrogen-bond acceptors (Lipinski definition) is 4. The van der Waals surface area contributed by atoms with Gasteiger partial charge in [0.25, 0.3) is 5.91 Å². The third kappa shape index (κ3) is 3.80. The molecule has 1 aromatic heterocycles. The Hall–Kier alpha value is -1.70. The van der Waals surface area contributed by atoms with Gasteiger partial charge in [-0.3, -0.25) is 4.79 Å². The van der Waals surface area contributed by atoms with Crippen molar-refractivity contribution in [2.45, 2.75) is 39.0 Å². The van der Waals surface area contributed by atoms with Crippen molar-refractivity contribution in [3.8, 4) is 0 Å². The van der Waals surface area contributed by atoms with Crippen LogP contribution in [0.2, 0.25) is 0 Å².